The zero-order valence-corrected chi connectivity index (χ0v) is 11.8. The molecule has 0 bridgehead atoms. The molecule has 96 valence electrons. The van der Waals surface area contributed by atoms with E-state index in [4.69, 9.17) is 5.26 Å². The molecule has 0 fully saturated rings. The summed E-state index contributed by atoms with van der Waals surface area (Å²) in [5, 5.41) is 20.0. The normalized spacial score (nSPS) is 11.7. The zero-order chi connectivity index (χ0) is 13.7. The fourth-order valence-electron chi connectivity index (χ4n) is 1.65. The third-order valence-corrected chi connectivity index (χ3v) is 3.22. The van der Waals surface area contributed by atoms with Gasteiger partial charge in [0, 0.05) is 36.2 Å². The molecular formula is C12H14BrN3O2. The van der Waals surface area contributed by atoms with Crippen LogP contribution in [0.2, 0.25) is 0 Å². The van der Waals surface area contributed by atoms with Crippen LogP contribution in [-0.4, -0.2) is 18.5 Å². The van der Waals surface area contributed by atoms with E-state index in [9.17, 15) is 10.1 Å². The first-order valence-electron chi connectivity index (χ1n) is 5.43. The fourth-order valence-corrected chi connectivity index (χ4v) is 2.10. The molecule has 18 heavy (non-hydrogen) atoms. The monoisotopic (exact) mass is 311 g/mol. The van der Waals surface area contributed by atoms with Crippen LogP contribution in [0.25, 0.3) is 0 Å². The Morgan fingerprint density at radius 2 is 2.28 bits per heavy atom. The second kappa shape index (κ2) is 6.36. The minimum absolute atomic E-state index is 0.0855. The summed E-state index contributed by atoms with van der Waals surface area (Å²) in [6.07, 6.45) is 0. The van der Waals surface area contributed by atoms with Crippen LogP contribution < -0.4 is 4.90 Å². The highest BCUT2D eigenvalue weighted by Gasteiger charge is 2.15. The number of halogens is 1. The van der Waals surface area contributed by atoms with Gasteiger partial charge in [0.1, 0.15) is 0 Å². The molecule has 0 aliphatic heterocycles. The summed E-state index contributed by atoms with van der Waals surface area (Å²) >= 11 is 3.25. The Hall–Kier alpha value is -1.61. The van der Waals surface area contributed by atoms with Gasteiger partial charge in [0.05, 0.1) is 16.9 Å². The average molecular weight is 312 g/mol. The van der Waals surface area contributed by atoms with Gasteiger partial charge in [0.2, 0.25) is 0 Å². The number of nitriles is 1. The minimum atomic E-state index is -0.391. The first-order valence-corrected chi connectivity index (χ1v) is 6.55. The van der Waals surface area contributed by atoms with Crippen LogP contribution in [0.1, 0.15) is 12.5 Å². The number of rotatable bonds is 5. The second-order valence-corrected chi connectivity index (χ2v) is 4.68. The molecule has 0 aliphatic carbocycles. The van der Waals surface area contributed by atoms with Crippen LogP contribution in [0, 0.1) is 27.4 Å². The van der Waals surface area contributed by atoms with Crippen molar-refractivity contribution in [3.8, 4) is 6.07 Å². The van der Waals surface area contributed by atoms with E-state index in [-0.39, 0.29) is 11.6 Å². The Labute approximate surface area is 114 Å². The molecule has 0 spiro atoms. The molecule has 0 heterocycles. The van der Waals surface area contributed by atoms with Crippen LogP contribution in [0.5, 0.6) is 0 Å². The highest BCUT2D eigenvalue weighted by molar-refractivity contribution is 9.08. The number of benzene rings is 1. The van der Waals surface area contributed by atoms with E-state index in [1.807, 2.05) is 18.9 Å². The Balaban J connectivity index is 2.99. The van der Waals surface area contributed by atoms with E-state index < -0.39 is 4.92 Å². The molecule has 0 amide bonds. The molecule has 0 saturated heterocycles. The number of alkyl halides is 1. The van der Waals surface area contributed by atoms with Crippen molar-refractivity contribution in [1.82, 2.24) is 0 Å². The van der Waals surface area contributed by atoms with E-state index in [2.05, 4.69) is 22.0 Å². The molecule has 5 nitrogen and oxygen atoms in total. The van der Waals surface area contributed by atoms with Crippen molar-refractivity contribution in [1.29, 1.82) is 5.26 Å². The Morgan fingerprint density at radius 3 is 2.78 bits per heavy atom. The number of hydrogen-bond acceptors (Lipinski definition) is 4. The Morgan fingerprint density at radius 1 is 1.61 bits per heavy atom. The molecule has 0 N–H and O–H groups in total. The van der Waals surface area contributed by atoms with Crippen LogP contribution >= 0.6 is 15.9 Å². The maximum Gasteiger partial charge on any atom is 0.273 e. The number of hydrogen-bond donors (Lipinski definition) is 0. The fraction of sp³-hybridized carbons (Fsp3) is 0.417. The van der Waals surface area contributed by atoms with Crippen LogP contribution in [0.3, 0.4) is 0 Å². The molecule has 1 rings (SSSR count). The van der Waals surface area contributed by atoms with Gasteiger partial charge >= 0.3 is 0 Å². The van der Waals surface area contributed by atoms with Crippen molar-refractivity contribution in [2.75, 3.05) is 18.5 Å². The first kappa shape index (κ1) is 14.5. The van der Waals surface area contributed by atoms with Gasteiger partial charge in [0.15, 0.2) is 0 Å². The van der Waals surface area contributed by atoms with E-state index in [1.54, 1.807) is 12.1 Å². The predicted octanol–water partition coefficient (Wildman–Crippen LogP) is 3.09. The van der Waals surface area contributed by atoms with E-state index in [0.29, 0.717) is 17.4 Å². The molecule has 1 unspecified atom stereocenters. The SMILES string of the molecule is CC(C#N)CN(C)c1ccc([N+](=O)[O-])c(CBr)c1. The number of anilines is 1. The van der Waals surface area contributed by atoms with Gasteiger partial charge in [-0.05, 0) is 19.1 Å². The lowest BCUT2D eigenvalue weighted by Crippen LogP contribution is -2.23. The van der Waals surface area contributed by atoms with Gasteiger partial charge in [-0.15, -0.1) is 0 Å². The summed E-state index contributed by atoms with van der Waals surface area (Å²) in [5.41, 5.74) is 1.61. The van der Waals surface area contributed by atoms with Crippen molar-refractivity contribution in [3.63, 3.8) is 0 Å². The molecular weight excluding hydrogens is 298 g/mol. The first-order chi connectivity index (χ1) is 8.49. The number of nitrogens with zero attached hydrogens (tertiary/aromatic N) is 3. The molecule has 0 radical (unpaired) electrons. The van der Waals surface area contributed by atoms with Crippen LogP contribution in [-0.2, 0) is 5.33 Å². The summed E-state index contributed by atoms with van der Waals surface area (Å²) in [6, 6.07) is 7.14. The lowest BCUT2D eigenvalue weighted by atomic mass is 10.1. The third-order valence-electron chi connectivity index (χ3n) is 2.61. The van der Waals surface area contributed by atoms with Crippen LogP contribution in [0.4, 0.5) is 11.4 Å². The molecule has 6 heteroatoms. The van der Waals surface area contributed by atoms with Gasteiger partial charge in [0.25, 0.3) is 5.69 Å². The summed E-state index contributed by atoms with van der Waals surface area (Å²) in [6.45, 7) is 2.43. The summed E-state index contributed by atoms with van der Waals surface area (Å²) in [5.74, 6) is -0.0855. The lowest BCUT2D eigenvalue weighted by Gasteiger charge is -2.20. The van der Waals surface area contributed by atoms with Gasteiger partial charge in [-0.3, -0.25) is 10.1 Å². The molecule has 0 aromatic heterocycles. The average Bonchev–Trinajstić information content (AvgIpc) is 2.37. The van der Waals surface area contributed by atoms with Crippen molar-refractivity contribution in [3.05, 3.63) is 33.9 Å². The smallest absolute Gasteiger partial charge is 0.273 e. The highest BCUT2D eigenvalue weighted by Crippen LogP contribution is 2.26. The van der Waals surface area contributed by atoms with Gasteiger partial charge in [-0.2, -0.15) is 5.26 Å². The van der Waals surface area contributed by atoms with Crippen molar-refractivity contribution in [2.45, 2.75) is 12.3 Å². The Bertz CT molecular complexity index is 485. The van der Waals surface area contributed by atoms with E-state index >= 15 is 0 Å². The van der Waals surface area contributed by atoms with E-state index in [0.717, 1.165) is 5.69 Å². The topological polar surface area (TPSA) is 70.2 Å². The second-order valence-electron chi connectivity index (χ2n) is 4.11. The lowest BCUT2D eigenvalue weighted by molar-refractivity contribution is -0.385. The maximum atomic E-state index is 10.8. The Kier molecular flexibility index (Phi) is 5.10. The van der Waals surface area contributed by atoms with Gasteiger partial charge < -0.3 is 4.90 Å². The minimum Gasteiger partial charge on any atom is -0.373 e. The van der Waals surface area contributed by atoms with Gasteiger partial charge in [-0.25, -0.2) is 0 Å². The molecule has 1 aromatic carbocycles. The van der Waals surface area contributed by atoms with Gasteiger partial charge in [-0.1, -0.05) is 15.9 Å². The quantitative estimate of drug-likeness (QED) is 0.476. The predicted molar refractivity (Wildman–Crippen MR) is 73.8 cm³/mol. The summed E-state index contributed by atoms with van der Waals surface area (Å²) in [7, 11) is 1.87. The van der Waals surface area contributed by atoms with Crippen molar-refractivity contribution >= 4 is 27.3 Å². The maximum absolute atomic E-state index is 10.8. The molecule has 0 aliphatic rings. The zero-order valence-electron chi connectivity index (χ0n) is 10.3. The number of nitro groups is 1. The van der Waals surface area contributed by atoms with Crippen LogP contribution in [0.15, 0.2) is 18.2 Å². The molecule has 0 saturated carbocycles. The molecule has 1 atom stereocenters. The molecule has 1 aromatic rings. The third kappa shape index (κ3) is 3.44. The van der Waals surface area contributed by atoms with Crippen molar-refractivity contribution in [2.24, 2.45) is 5.92 Å². The highest BCUT2D eigenvalue weighted by atomic mass is 79.9. The van der Waals surface area contributed by atoms with E-state index in [1.165, 1.54) is 6.07 Å². The number of nitro benzene ring substituents is 1. The summed E-state index contributed by atoms with van der Waals surface area (Å²) in [4.78, 5) is 12.3. The standard InChI is InChI=1S/C12H14BrN3O2/c1-9(7-14)8-15(2)11-3-4-12(16(17)18)10(5-11)6-13/h3-5,9H,6,8H2,1-2H3. The van der Waals surface area contributed by atoms with Crippen molar-refractivity contribution < 1.29 is 4.92 Å². The summed E-state index contributed by atoms with van der Waals surface area (Å²) < 4.78 is 0. The largest absolute Gasteiger partial charge is 0.373 e.